The smallest absolute Gasteiger partial charge is 0.0701 e. The molecule has 98 valence electrons. The lowest BCUT2D eigenvalue weighted by molar-refractivity contribution is 0.201. The standard InChI is InChI=1S/C12H19BrN2S.ClH/c1-2-7-15(10-5-6-14-8-10)9-11-3-4-12(13)16-11;/h3-4,10,14H,2,5-9H2,1H3;1H. The van der Waals surface area contributed by atoms with Crippen LogP contribution in [0.25, 0.3) is 0 Å². The fraction of sp³-hybridized carbons (Fsp3) is 0.667. The number of halogens is 2. The normalized spacial score (nSPS) is 19.6. The lowest BCUT2D eigenvalue weighted by atomic mass is 10.2. The molecule has 2 heterocycles. The van der Waals surface area contributed by atoms with E-state index < -0.39 is 0 Å². The minimum atomic E-state index is 0. The van der Waals surface area contributed by atoms with Crippen molar-refractivity contribution in [2.45, 2.75) is 32.4 Å². The molecular weight excluding hydrogens is 320 g/mol. The summed E-state index contributed by atoms with van der Waals surface area (Å²) in [4.78, 5) is 4.09. The molecule has 2 nitrogen and oxygen atoms in total. The Morgan fingerprint density at radius 2 is 2.35 bits per heavy atom. The highest BCUT2D eigenvalue weighted by Gasteiger charge is 2.21. The van der Waals surface area contributed by atoms with Crippen LogP contribution in [-0.2, 0) is 6.54 Å². The van der Waals surface area contributed by atoms with Gasteiger partial charge in [0.1, 0.15) is 0 Å². The maximum absolute atomic E-state index is 3.53. The number of hydrogen-bond donors (Lipinski definition) is 1. The number of nitrogens with one attached hydrogen (secondary N) is 1. The lowest BCUT2D eigenvalue weighted by Gasteiger charge is -2.27. The maximum Gasteiger partial charge on any atom is 0.0701 e. The van der Waals surface area contributed by atoms with Gasteiger partial charge in [-0.1, -0.05) is 6.92 Å². The first-order valence-electron chi connectivity index (χ1n) is 5.98. The van der Waals surface area contributed by atoms with E-state index in [4.69, 9.17) is 0 Å². The van der Waals surface area contributed by atoms with Crippen LogP contribution in [0.1, 0.15) is 24.6 Å². The second-order valence-corrected chi connectivity index (χ2v) is 6.87. The van der Waals surface area contributed by atoms with E-state index in [1.54, 1.807) is 0 Å². The van der Waals surface area contributed by atoms with E-state index in [0.29, 0.717) is 0 Å². The van der Waals surface area contributed by atoms with Crippen molar-refractivity contribution >= 4 is 39.7 Å². The fourth-order valence-electron chi connectivity index (χ4n) is 2.27. The SMILES string of the molecule is CCCN(Cc1ccc(Br)s1)C1CCNC1.Cl. The van der Waals surface area contributed by atoms with E-state index in [-0.39, 0.29) is 12.4 Å². The zero-order valence-corrected chi connectivity index (χ0v) is 13.3. The summed E-state index contributed by atoms with van der Waals surface area (Å²) in [6.07, 6.45) is 2.54. The summed E-state index contributed by atoms with van der Waals surface area (Å²) in [5.41, 5.74) is 0. The maximum atomic E-state index is 3.53. The van der Waals surface area contributed by atoms with Gasteiger partial charge in [-0.05, 0) is 54.0 Å². The fourth-order valence-corrected chi connectivity index (χ4v) is 3.77. The third kappa shape index (κ3) is 4.52. The second-order valence-electron chi connectivity index (χ2n) is 4.32. The molecule has 1 unspecified atom stereocenters. The average Bonchev–Trinajstić information content (AvgIpc) is 2.88. The first-order valence-corrected chi connectivity index (χ1v) is 7.59. The van der Waals surface area contributed by atoms with Gasteiger partial charge >= 0.3 is 0 Å². The summed E-state index contributed by atoms with van der Waals surface area (Å²) in [6, 6.07) is 5.12. The van der Waals surface area contributed by atoms with Crippen LogP contribution in [0, 0.1) is 0 Å². The Bertz CT molecular complexity index is 326. The third-order valence-electron chi connectivity index (χ3n) is 3.05. The largest absolute Gasteiger partial charge is 0.315 e. The molecule has 1 aromatic heterocycles. The van der Waals surface area contributed by atoms with Gasteiger partial charge < -0.3 is 5.32 Å². The molecule has 1 aliphatic heterocycles. The van der Waals surface area contributed by atoms with Crippen molar-refractivity contribution in [1.82, 2.24) is 10.2 Å². The van der Waals surface area contributed by atoms with Crippen LogP contribution in [0.2, 0.25) is 0 Å². The van der Waals surface area contributed by atoms with Gasteiger partial charge in [-0.3, -0.25) is 4.90 Å². The molecule has 0 aromatic carbocycles. The molecule has 1 fully saturated rings. The molecule has 1 aromatic rings. The van der Waals surface area contributed by atoms with Crippen molar-refractivity contribution in [3.8, 4) is 0 Å². The van der Waals surface area contributed by atoms with Gasteiger partial charge in [0, 0.05) is 24.0 Å². The minimum absolute atomic E-state index is 0. The number of thiophene rings is 1. The Balaban J connectivity index is 0.00000144. The second kappa shape index (κ2) is 7.74. The van der Waals surface area contributed by atoms with Gasteiger partial charge in [0.25, 0.3) is 0 Å². The van der Waals surface area contributed by atoms with Crippen molar-refractivity contribution in [3.63, 3.8) is 0 Å². The first-order chi connectivity index (χ1) is 7.79. The molecule has 0 bridgehead atoms. The summed E-state index contributed by atoms with van der Waals surface area (Å²) in [7, 11) is 0. The van der Waals surface area contributed by atoms with E-state index in [2.05, 4.69) is 45.2 Å². The van der Waals surface area contributed by atoms with Gasteiger partial charge in [-0.2, -0.15) is 0 Å². The molecule has 17 heavy (non-hydrogen) atoms. The monoisotopic (exact) mass is 338 g/mol. The molecule has 0 spiro atoms. The van der Waals surface area contributed by atoms with Gasteiger partial charge in [0.05, 0.1) is 3.79 Å². The van der Waals surface area contributed by atoms with Crippen molar-refractivity contribution < 1.29 is 0 Å². The topological polar surface area (TPSA) is 15.3 Å². The number of rotatable bonds is 5. The van der Waals surface area contributed by atoms with Gasteiger partial charge in [0.2, 0.25) is 0 Å². The molecule has 0 aliphatic carbocycles. The molecule has 2 rings (SSSR count). The molecule has 1 N–H and O–H groups in total. The van der Waals surface area contributed by atoms with Crippen molar-refractivity contribution in [2.24, 2.45) is 0 Å². The van der Waals surface area contributed by atoms with E-state index >= 15 is 0 Å². The molecule has 5 heteroatoms. The highest BCUT2D eigenvalue weighted by Crippen LogP contribution is 2.24. The molecule has 0 radical (unpaired) electrons. The quantitative estimate of drug-likeness (QED) is 0.883. The highest BCUT2D eigenvalue weighted by molar-refractivity contribution is 9.11. The Hall–Kier alpha value is 0.390. The van der Waals surface area contributed by atoms with Gasteiger partial charge in [-0.25, -0.2) is 0 Å². The van der Waals surface area contributed by atoms with Crippen LogP contribution < -0.4 is 5.32 Å². The Morgan fingerprint density at radius 1 is 1.53 bits per heavy atom. The van der Waals surface area contributed by atoms with E-state index in [1.807, 2.05) is 11.3 Å². The molecule has 1 saturated heterocycles. The van der Waals surface area contributed by atoms with Crippen LogP contribution in [0.4, 0.5) is 0 Å². The van der Waals surface area contributed by atoms with Crippen LogP contribution in [-0.4, -0.2) is 30.6 Å². The Kier molecular flexibility index (Phi) is 7.04. The van der Waals surface area contributed by atoms with E-state index in [0.717, 1.165) is 19.1 Å². The van der Waals surface area contributed by atoms with Crippen LogP contribution in [0.15, 0.2) is 15.9 Å². The number of hydrogen-bond acceptors (Lipinski definition) is 3. The van der Waals surface area contributed by atoms with Crippen molar-refractivity contribution in [3.05, 3.63) is 20.8 Å². The predicted molar refractivity (Wildman–Crippen MR) is 81.2 cm³/mol. The molecule has 1 aliphatic rings. The van der Waals surface area contributed by atoms with Crippen LogP contribution in [0.3, 0.4) is 0 Å². The van der Waals surface area contributed by atoms with E-state index in [1.165, 1.54) is 34.6 Å². The Labute approximate surface area is 122 Å². The summed E-state index contributed by atoms with van der Waals surface area (Å²) >= 11 is 5.39. The predicted octanol–water partition coefficient (Wildman–Crippen LogP) is 3.51. The summed E-state index contributed by atoms with van der Waals surface area (Å²) in [6.45, 7) is 6.92. The summed E-state index contributed by atoms with van der Waals surface area (Å²) < 4.78 is 1.24. The van der Waals surface area contributed by atoms with Crippen molar-refractivity contribution in [1.29, 1.82) is 0 Å². The van der Waals surface area contributed by atoms with Crippen LogP contribution in [0.5, 0.6) is 0 Å². The lowest BCUT2D eigenvalue weighted by Crippen LogP contribution is -2.36. The first kappa shape index (κ1) is 15.4. The Morgan fingerprint density at radius 3 is 2.88 bits per heavy atom. The van der Waals surface area contributed by atoms with Gasteiger partial charge in [0.15, 0.2) is 0 Å². The molecule has 1 atom stereocenters. The molecular formula is C12H20BrClN2S. The number of nitrogens with zero attached hydrogens (tertiary/aromatic N) is 1. The van der Waals surface area contributed by atoms with Gasteiger partial charge in [-0.15, -0.1) is 23.7 Å². The zero-order chi connectivity index (χ0) is 11.4. The van der Waals surface area contributed by atoms with Crippen molar-refractivity contribution in [2.75, 3.05) is 19.6 Å². The van der Waals surface area contributed by atoms with Crippen LogP contribution >= 0.6 is 39.7 Å². The highest BCUT2D eigenvalue weighted by atomic mass is 79.9. The molecule has 0 amide bonds. The summed E-state index contributed by atoms with van der Waals surface area (Å²) in [5, 5.41) is 3.45. The average molecular weight is 340 g/mol. The molecule has 0 saturated carbocycles. The zero-order valence-electron chi connectivity index (χ0n) is 10.1. The van der Waals surface area contributed by atoms with E-state index in [9.17, 15) is 0 Å². The summed E-state index contributed by atoms with van der Waals surface area (Å²) in [5.74, 6) is 0. The minimum Gasteiger partial charge on any atom is -0.315 e. The third-order valence-corrected chi connectivity index (χ3v) is 4.66.